The smallest absolute Gasteiger partial charge is 0.220 e. The minimum absolute atomic E-state index is 0.204. The molecule has 0 aromatic heterocycles. The molecule has 0 spiro atoms. The molecule has 0 aromatic carbocycles. The predicted molar refractivity (Wildman–Crippen MR) is 89.7 cm³/mol. The van der Waals surface area contributed by atoms with Crippen molar-refractivity contribution in [3.63, 3.8) is 0 Å². The fourth-order valence-electron chi connectivity index (χ4n) is 1.53. The van der Waals surface area contributed by atoms with E-state index in [0.717, 1.165) is 6.29 Å². The van der Waals surface area contributed by atoms with Crippen molar-refractivity contribution >= 4 is 12.2 Å². The van der Waals surface area contributed by atoms with Crippen LogP contribution in [0, 0.1) is 0 Å². The lowest BCUT2D eigenvalue weighted by molar-refractivity contribution is -0.125. The number of aliphatic hydroxyl groups is 6. The Balaban J connectivity index is 0. The first-order valence-electron chi connectivity index (χ1n) is 7.97. The van der Waals surface area contributed by atoms with Gasteiger partial charge in [-0.2, -0.15) is 0 Å². The van der Waals surface area contributed by atoms with E-state index < -0.39 is 30.9 Å². The minimum atomic E-state index is -1.36. The van der Waals surface area contributed by atoms with E-state index in [2.05, 4.69) is 10.6 Å². The first kappa shape index (κ1) is 26.1. The number of hydrogen-bond acceptors (Lipinski definition) is 9. The van der Waals surface area contributed by atoms with Crippen LogP contribution >= 0.6 is 0 Å². The van der Waals surface area contributed by atoms with Gasteiger partial charge in [0.2, 0.25) is 5.91 Å². The molecule has 0 aliphatic carbocycles. The molecule has 8 N–H and O–H groups in total. The van der Waals surface area contributed by atoms with Crippen LogP contribution in [0.1, 0.15) is 25.7 Å². The Bertz CT molecular complexity index is 321. The number of hydrogen-bond donors (Lipinski definition) is 8. The Kier molecular flexibility index (Phi) is 15.8. The highest BCUT2D eigenvalue weighted by atomic mass is 16.3. The van der Waals surface area contributed by atoms with Gasteiger partial charge in [-0.1, -0.05) is 0 Å². The molecule has 0 saturated heterocycles. The van der Waals surface area contributed by atoms with E-state index in [9.17, 15) is 9.59 Å². The molecule has 150 valence electrons. The molecule has 0 rings (SSSR count). The normalized spacial score (nSPS) is 11.5. The number of aldehydes is 1. The molecular formula is C15H32N2O8. The number of amides is 1. The fourth-order valence-corrected chi connectivity index (χ4v) is 1.53. The zero-order valence-electron chi connectivity index (χ0n) is 14.6. The third-order valence-corrected chi connectivity index (χ3v) is 3.73. The molecular weight excluding hydrogens is 336 g/mol. The third-order valence-electron chi connectivity index (χ3n) is 3.73. The first-order chi connectivity index (χ1) is 11.9. The second-order valence-corrected chi connectivity index (χ2v) is 5.72. The Morgan fingerprint density at radius 3 is 1.56 bits per heavy atom. The number of likely N-dealkylation sites (N-methyl/N-ethyl adjacent to an activating group) is 1. The van der Waals surface area contributed by atoms with Crippen LogP contribution in [0.15, 0.2) is 0 Å². The number of nitrogens with one attached hydrogen (secondary N) is 2. The van der Waals surface area contributed by atoms with Crippen molar-refractivity contribution < 1.29 is 40.2 Å². The Morgan fingerprint density at radius 1 is 0.840 bits per heavy atom. The molecule has 0 aromatic rings. The molecule has 1 amide bonds. The van der Waals surface area contributed by atoms with Crippen molar-refractivity contribution in [3.05, 3.63) is 0 Å². The lowest BCUT2D eigenvalue weighted by atomic mass is 10.0. The summed E-state index contributed by atoms with van der Waals surface area (Å²) in [4.78, 5) is 21.4. The van der Waals surface area contributed by atoms with Crippen molar-refractivity contribution in [2.24, 2.45) is 0 Å². The van der Waals surface area contributed by atoms with Gasteiger partial charge in [0, 0.05) is 12.8 Å². The fraction of sp³-hybridized carbons (Fsp3) is 0.867. The van der Waals surface area contributed by atoms with Crippen LogP contribution in [0.3, 0.4) is 0 Å². The molecule has 0 saturated carbocycles. The average Bonchev–Trinajstić information content (AvgIpc) is 2.66. The van der Waals surface area contributed by atoms with Gasteiger partial charge in [0.05, 0.1) is 45.2 Å². The van der Waals surface area contributed by atoms with E-state index in [-0.39, 0.29) is 32.1 Å². The summed E-state index contributed by atoms with van der Waals surface area (Å²) in [6.45, 7) is -2.39. The molecule has 0 radical (unpaired) electrons. The van der Waals surface area contributed by atoms with Crippen LogP contribution in [0.2, 0.25) is 0 Å². The van der Waals surface area contributed by atoms with Crippen LogP contribution in [0.25, 0.3) is 0 Å². The SMILES string of the molecule is CNC(CO)(CO)CO.O=CCCCCC(=O)NC(CO)(CO)CO. The Labute approximate surface area is 147 Å². The van der Waals surface area contributed by atoms with E-state index in [4.69, 9.17) is 30.6 Å². The van der Waals surface area contributed by atoms with E-state index in [1.54, 1.807) is 7.05 Å². The van der Waals surface area contributed by atoms with Crippen LogP contribution < -0.4 is 10.6 Å². The molecule has 25 heavy (non-hydrogen) atoms. The van der Waals surface area contributed by atoms with E-state index in [0.29, 0.717) is 19.3 Å². The summed E-state index contributed by atoms with van der Waals surface area (Å²) in [6.07, 6.45) is 2.59. The summed E-state index contributed by atoms with van der Waals surface area (Å²) in [5.74, 6) is -0.358. The maximum atomic E-state index is 11.4. The van der Waals surface area contributed by atoms with Gasteiger partial charge in [-0.15, -0.1) is 0 Å². The number of unbranched alkanes of at least 4 members (excludes halogenated alkanes) is 2. The maximum absolute atomic E-state index is 11.4. The van der Waals surface area contributed by atoms with E-state index in [1.165, 1.54) is 0 Å². The summed E-state index contributed by atoms with van der Waals surface area (Å²) < 4.78 is 0. The van der Waals surface area contributed by atoms with Crippen LogP contribution in [0.5, 0.6) is 0 Å². The molecule has 0 fully saturated rings. The maximum Gasteiger partial charge on any atom is 0.220 e. The highest BCUT2D eigenvalue weighted by Crippen LogP contribution is 2.04. The second kappa shape index (κ2) is 15.1. The largest absolute Gasteiger partial charge is 0.394 e. The third kappa shape index (κ3) is 10.4. The van der Waals surface area contributed by atoms with Gasteiger partial charge in [-0.05, 0) is 19.9 Å². The number of carbonyl (C=O) groups excluding carboxylic acids is 2. The summed E-state index contributed by atoms with van der Waals surface area (Å²) in [5, 5.41) is 57.6. The molecule has 0 bridgehead atoms. The van der Waals surface area contributed by atoms with Gasteiger partial charge in [0.1, 0.15) is 11.8 Å². The topological polar surface area (TPSA) is 180 Å². The highest BCUT2D eigenvalue weighted by molar-refractivity contribution is 5.76. The van der Waals surface area contributed by atoms with Gasteiger partial charge >= 0.3 is 0 Å². The van der Waals surface area contributed by atoms with E-state index in [1.807, 2.05) is 0 Å². The Hall–Kier alpha value is -1.14. The summed E-state index contributed by atoms with van der Waals surface area (Å²) >= 11 is 0. The van der Waals surface area contributed by atoms with Crippen LogP contribution in [0.4, 0.5) is 0 Å². The van der Waals surface area contributed by atoms with Gasteiger partial charge in [0.25, 0.3) is 0 Å². The average molecular weight is 368 g/mol. The summed E-state index contributed by atoms with van der Waals surface area (Å²) in [5.41, 5.74) is -2.28. The van der Waals surface area contributed by atoms with Crippen molar-refractivity contribution in [3.8, 4) is 0 Å². The highest BCUT2D eigenvalue weighted by Gasteiger charge is 2.29. The lowest BCUT2D eigenvalue weighted by Crippen LogP contribution is -2.57. The standard InChI is InChI=1S/C10H19NO5.C5H13NO3/c12-5-3-1-2-4-9(16)11-10(6-13,7-14)8-15;1-6-5(2-7,3-8)4-9/h5,13-15H,1-4,6-8H2,(H,11,16);6-9H,2-4H2,1H3. The van der Waals surface area contributed by atoms with Crippen LogP contribution in [-0.2, 0) is 9.59 Å². The van der Waals surface area contributed by atoms with Crippen molar-refractivity contribution in [2.75, 3.05) is 46.7 Å². The van der Waals surface area contributed by atoms with Gasteiger partial charge in [-0.3, -0.25) is 4.79 Å². The van der Waals surface area contributed by atoms with Gasteiger partial charge in [0.15, 0.2) is 0 Å². The van der Waals surface area contributed by atoms with Crippen molar-refractivity contribution in [1.29, 1.82) is 0 Å². The zero-order chi connectivity index (χ0) is 19.8. The molecule has 0 unspecified atom stereocenters. The number of aliphatic hydroxyl groups excluding tert-OH is 6. The van der Waals surface area contributed by atoms with E-state index >= 15 is 0 Å². The summed E-state index contributed by atoms with van der Waals surface area (Å²) in [7, 11) is 1.57. The quantitative estimate of drug-likeness (QED) is 0.121. The van der Waals surface area contributed by atoms with Crippen molar-refractivity contribution in [1.82, 2.24) is 10.6 Å². The number of carbonyl (C=O) groups is 2. The van der Waals surface area contributed by atoms with Gasteiger partial charge < -0.3 is 46.1 Å². The molecule has 0 aliphatic heterocycles. The molecule has 10 nitrogen and oxygen atoms in total. The molecule has 0 aliphatic rings. The predicted octanol–water partition coefficient (Wildman–Crippen LogP) is -3.50. The monoisotopic (exact) mass is 368 g/mol. The Morgan fingerprint density at radius 2 is 1.28 bits per heavy atom. The van der Waals surface area contributed by atoms with Gasteiger partial charge in [-0.25, -0.2) is 0 Å². The molecule has 10 heteroatoms. The second-order valence-electron chi connectivity index (χ2n) is 5.72. The minimum Gasteiger partial charge on any atom is -0.394 e. The molecule has 0 atom stereocenters. The van der Waals surface area contributed by atoms with Crippen LogP contribution in [-0.4, -0.2) is 101 Å². The lowest BCUT2D eigenvalue weighted by Gasteiger charge is -2.28. The zero-order valence-corrected chi connectivity index (χ0v) is 14.6. The summed E-state index contributed by atoms with van der Waals surface area (Å²) in [6, 6.07) is 0. The van der Waals surface area contributed by atoms with Crippen molar-refractivity contribution in [2.45, 2.75) is 36.8 Å². The molecule has 0 heterocycles. The number of rotatable bonds is 13. The first-order valence-corrected chi connectivity index (χ1v) is 7.97.